The fraction of sp³-hybridized carbons (Fsp3) is 0.333. The van der Waals surface area contributed by atoms with Crippen LogP contribution in [0, 0.1) is 5.92 Å². The van der Waals surface area contributed by atoms with Crippen LogP contribution >= 0.6 is 0 Å². The molecule has 4 nitrogen and oxygen atoms in total. The van der Waals surface area contributed by atoms with Crippen LogP contribution in [0.15, 0.2) is 18.2 Å². The van der Waals surface area contributed by atoms with Gasteiger partial charge in [-0.15, -0.1) is 0 Å². The van der Waals surface area contributed by atoms with Crippen LogP contribution in [0.25, 0.3) is 0 Å². The summed E-state index contributed by atoms with van der Waals surface area (Å²) in [6.45, 7) is 4.22. The van der Waals surface area contributed by atoms with Crippen molar-refractivity contribution in [2.24, 2.45) is 5.92 Å². The fourth-order valence-corrected chi connectivity index (χ4v) is 1.60. The van der Waals surface area contributed by atoms with Crippen LogP contribution in [-0.4, -0.2) is 11.8 Å². The number of benzene rings is 1. The average molecular weight is 218 g/mol. The van der Waals surface area contributed by atoms with Crippen LogP contribution in [-0.2, 0) is 11.3 Å². The third-order valence-corrected chi connectivity index (χ3v) is 2.58. The molecule has 1 aromatic rings. The van der Waals surface area contributed by atoms with Gasteiger partial charge in [-0.3, -0.25) is 9.59 Å². The molecule has 0 spiro atoms. The Morgan fingerprint density at radius 3 is 2.88 bits per heavy atom. The lowest BCUT2D eigenvalue weighted by Gasteiger charge is -2.08. The molecule has 1 aliphatic heterocycles. The summed E-state index contributed by atoms with van der Waals surface area (Å²) in [5.74, 6) is -0.109. The largest absolute Gasteiger partial charge is 0.348 e. The highest BCUT2D eigenvalue weighted by molar-refractivity contribution is 5.99. The normalized spacial score (nSPS) is 13.6. The lowest BCUT2D eigenvalue weighted by atomic mass is 10.1. The zero-order valence-corrected chi connectivity index (χ0v) is 9.33. The number of rotatable bonds is 2. The summed E-state index contributed by atoms with van der Waals surface area (Å²) in [5.41, 5.74) is 2.38. The summed E-state index contributed by atoms with van der Waals surface area (Å²) < 4.78 is 0. The highest BCUT2D eigenvalue weighted by Gasteiger charge is 2.19. The first kappa shape index (κ1) is 10.7. The summed E-state index contributed by atoms with van der Waals surface area (Å²) in [4.78, 5) is 22.8. The summed E-state index contributed by atoms with van der Waals surface area (Å²) in [7, 11) is 0. The smallest absolute Gasteiger partial charge is 0.251 e. The summed E-state index contributed by atoms with van der Waals surface area (Å²) in [6, 6.07) is 5.34. The van der Waals surface area contributed by atoms with Crippen LogP contribution in [0.5, 0.6) is 0 Å². The van der Waals surface area contributed by atoms with Gasteiger partial charge >= 0.3 is 0 Å². The molecular weight excluding hydrogens is 204 g/mol. The number of nitrogens with one attached hydrogen (secondary N) is 2. The van der Waals surface area contributed by atoms with Crippen molar-refractivity contribution in [3.05, 3.63) is 29.3 Å². The van der Waals surface area contributed by atoms with E-state index in [9.17, 15) is 9.59 Å². The van der Waals surface area contributed by atoms with E-state index in [1.807, 2.05) is 19.9 Å². The van der Waals surface area contributed by atoms with Crippen molar-refractivity contribution in [3.63, 3.8) is 0 Å². The van der Waals surface area contributed by atoms with E-state index in [4.69, 9.17) is 0 Å². The molecule has 2 rings (SSSR count). The number of carbonyl (C=O) groups excluding carboxylic acids is 2. The van der Waals surface area contributed by atoms with Crippen molar-refractivity contribution in [1.29, 1.82) is 0 Å². The van der Waals surface area contributed by atoms with Gasteiger partial charge in [-0.05, 0) is 23.8 Å². The second-order valence-corrected chi connectivity index (χ2v) is 4.20. The van der Waals surface area contributed by atoms with Crippen LogP contribution in [0.2, 0.25) is 0 Å². The number of carbonyl (C=O) groups is 2. The topological polar surface area (TPSA) is 58.2 Å². The third-order valence-electron chi connectivity index (χ3n) is 2.58. The first-order valence-electron chi connectivity index (χ1n) is 5.30. The molecule has 1 aliphatic rings. The van der Waals surface area contributed by atoms with Gasteiger partial charge in [0.05, 0.1) is 0 Å². The lowest BCUT2D eigenvalue weighted by molar-refractivity contribution is -0.118. The Kier molecular flexibility index (Phi) is 2.64. The summed E-state index contributed by atoms with van der Waals surface area (Å²) in [5, 5.41) is 5.54. The molecule has 2 amide bonds. The van der Waals surface area contributed by atoms with E-state index in [0.29, 0.717) is 12.1 Å². The number of hydrogen-bond donors (Lipinski definition) is 2. The molecule has 0 bridgehead atoms. The van der Waals surface area contributed by atoms with Crippen LogP contribution < -0.4 is 10.6 Å². The van der Waals surface area contributed by atoms with Gasteiger partial charge in [0.25, 0.3) is 5.91 Å². The molecule has 0 saturated carbocycles. The van der Waals surface area contributed by atoms with Crippen LogP contribution in [0.3, 0.4) is 0 Å². The van der Waals surface area contributed by atoms with Crippen molar-refractivity contribution in [2.75, 3.05) is 5.32 Å². The molecule has 1 aromatic carbocycles. The Hall–Kier alpha value is -1.84. The first-order chi connectivity index (χ1) is 7.58. The van der Waals surface area contributed by atoms with Gasteiger partial charge in [0.2, 0.25) is 5.91 Å². The van der Waals surface area contributed by atoms with E-state index in [1.54, 1.807) is 12.1 Å². The Morgan fingerprint density at radius 2 is 2.19 bits per heavy atom. The van der Waals surface area contributed by atoms with Crippen molar-refractivity contribution in [3.8, 4) is 0 Å². The second-order valence-electron chi connectivity index (χ2n) is 4.20. The maximum absolute atomic E-state index is 11.5. The Bertz CT molecular complexity index is 452. The molecule has 0 fully saturated rings. The molecule has 0 atom stereocenters. The van der Waals surface area contributed by atoms with Crippen LogP contribution in [0.1, 0.15) is 29.8 Å². The minimum Gasteiger partial charge on any atom is -0.348 e. The molecule has 0 aromatic heterocycles. The molecule has 16 heavy (non-hydrogen) atoms. The Balaban J connectivity index is 2.20. The van der Waals surface area contributed by atoms with Gasteiger partial charge < -0.3 is 10.6 Å². The SMILES string of the molecule is CC(C)C(=O)Nc1ccc2c(c1)CNC2=O. The highest BCUT2D eigenvalue weighted by Crippen LogP contribution is 2.20. The lowest BCUT2D eigenvalue weighted by Crippen LogP contribution is -2.17. The van der Waals surface area contributed by atoms with E-state index in [1.165, 1.54) is 0 Å². The van der Waals surface area contributed by atoms with E-state index in [0.717, 1.165) is 11.3 Å². The van der Waals surface area contributed by atoms with Crippen molar-refractivity contribution in [2.45, 2.75) is 20.4 Å². The summed E-state index contributed by atoms with van der Waals surface area (Å²) >= 11 is 0. The Morgan fingerprint density at radius 1 is 1.44 bits per heavy atom. The summed E-state index contributed by atoms with van der Waals surface area (Å²) in [6.07, 6.45) is 0. The van der Waals surface area contributed by atoms with Gasteiger partial charge in [-0.25, -0.2) is 0 Å². The van der Waals surface area contributed by atoms with Crippen molar-refractivity contribution < 1.29 is 9.59 Å². The standard InChI is InChI=1S/C12H14N2O2/c1-7(2)11(15)14-9-3-4-10-8(5-9)6-13-12(10)16/h3-5,7H,6H2,1-2H3,(H,13,16)(H,14,15). The zero-order chi connectivity index (χ0) is 11.7. The predicted octanol–water partition coefficient (Wildman–Crippen LogP) is 1.52. The maximum atomic E-state index is 11.5. The molecular formula is C12H14N2O2. The highest BCUT2D eigenvalue weighted by atomic mass is 16.2. The zero-order valence-electron chi connectivity index (χ0n) is 9.33. The first-order valence-corrected chi connectivity index (χ1v) is 5.30. The number of anilines is 1. The quantitative estimate of drug-likeness (QED) is 0.790. The van der Waals surface area contributed by atoms with Crippen molar-refractivity contribution in [1.82, 2.24) is 5.32 Å². The average Bonchev–Trinajstić information content (AvgIpc) is 2.60. The van der Waals surface area contributed by atoms with E-state index in [2.05, 4.69) is 10.6 Å². The van der Waals surface area contributed by atoms with Gasteiger partial charge in [-0.2, -0.15) is 0 Å². The predicted molar refractivity (Wildman–Crippen MR) is 61.1 cm³/mol. The molecule has 4 heteroatoms. The molecule has 1 heterocycles. The molecule has 84 valence electrons. The third kappa shape index (κ3) is 1.91. The van der Waals surface area contributed by atoms with Gasteiger partial charge in [0.15, 0.2) is 0 Å². The number of hydrogen-bond acceptors (Lipinski definition) is 2. The number of fused-ring (bicyclic) bond motifs is 1. The minimum atomic E-state index is -0.0481. The second kappa shape index (κ2) is 3.96. The number of amides is 2. The molecule has 0 saturated heterocycles. The fourth-order valence-electron chi connectivity index (χ4n) is 1.60. The molecule has 0 aliphatic carbocycles. The molecule has 0 unspecified atom stereocenters. The van der Waals surface area contributed by atoms with E-state index in [-0.39, 0.29) is 17.7 Å². The van der Waals surface area contributed by atoms with E-state index >= 15 is 0 Å². The molecule has 0 radical (unpaired) electrons. The van der Waals surface area contributed by atoms with Crippen molar-refractivity contribution >= 4 is 17.5 Å². The van der Waals surface area contributed by atoms with Crippen LogP contribution in [0.4, 0.5) is 5.69 Å². The molecule has 2 N–H and O–H groups in total. The van der Waals surface area contributed by atoms with Gasteiger partial charge in [0.1, 0.15) is 0 Å². The monoisotopic (exact) mass is 218 g/mol. The minimum absolute atomic E-state index is 0.0165. The van der Waals surface area contributed by atoms with Gasteiger partial charge in [0, 0.05) is 23.7 Å². The Labute approximate surface area is 94.0 Å². The van der Waals surface area contributed by atoms with E-state index < -0.39 is 0 Å². The van der Waals surface area contributed by atoms with Gasteiger partial charge in [-0.1, -0.05) is 13.8 Å². The maximum Gasteiger partial charge on any atom is 0.251 e.